The molecule has 0 atom stereocenters. The molecule has 4 aromatic rings. The van der Waals surface area contributed by atoms with Crippen molar-refractivity contribution >= 4 is 28.4 Å². The van der Waals surface area contributed by atoms with Gasteiger partial charge in [0.1, 0.15) is 5.01 Å². The molecule has 0 radical (unpaired) electrons. The second kappa shape index (κ2) is 6.50. The molecule has 0 saturated carbocycles. The maximum Gasteiger partial charge on any atom is 0.235 e. The van der Waals surface area contributed by atoms with E-state index in [0.29, 0.717) is 0 Å². The maximum atomic E-state index is 4.66. The molecule has 5 heteroatoms. The zero-order chi connectivity index (χ0) is 18.1. The second-order valence-corrected chi connectivity index (χ2v) is 8.22. The van der Waals surface area contributed by atoms with Crippen LogP contribution in [-0.2, 0) is 5.41 Å². The average molecular weight is 360 g/mol. The van der Waals surface area contributed by atoms with Crippen molar-refractivity contribution in [1.29, 1.82) is 0 Å². The summed E-state index contributed by atoms with van der Waals surface area (Å²) >= 11 is 1.53. The lowest BCUT2D eigenvalue weighted by Crippen LogP contribution is -2.10. The molecule has 0 unspecified atom stereocenters. The number of nitrogens with zero attached hydrogens (tertiary/aromatic N) is 4. The number of benzene rings is 2. The monoisotopic (exact) mass is 360 g/mol. The molecule has 0 aliphatic heterocycles. The van der Waals surface area contributed by atoms with Gasteiger partial charge in [0.2, 0.25) is 4.96 Å². The highest BCUT2D eigenvalue weighted by atomic mass is 32.1. The van der Waals surface area contributed by atoms with Gasteiger partial charge in [-0.25, -0.2) is 0 Å². The Balaban J connectivity index is 1.65. The summed E-state index contributed by atoms with van der Waals surface area (Å²) in [6.45, 7) is 6.63. The Morgan fingerprint density at radius 2 is 1.62 bits per heavy atom. The van der Waals surface area contributed by atoms with Crippen LogP contribution in [0.3, 0.4) is 0 Å². The first-order valence-electron chi connectivity index (χ1n) is 8.57. The second-order valence-electron chi connectivity index (χ2n) is 7.23. The van der Waals surface area contributed by atoms with Crippen molar-refractivity contribution in [3.05, 3.63) is 70.7 Å². The van der Waals surface area contributed by atoms with E-state index in [1.54, 1.807) is 0 Å². The molecule has 0 fully saturated rings. The third-order valence-electron chi connectivity index (χ3n) is 4.23. The van der Waals surface area contributed by atoms with Crippen LogP contribution in [0.4, 0.5) is 0 Å². The SMILES string of the molecule is CC(C)(C)c1ccc(-c2nnc3sc(C=Cc4ccccc4)nn23)cc1. The van der Waals surface area contributed by atoms with E-state index in [2.05, 4.69) is 78.5 Å². The minimum absolute atomic E-state index is 0.134. The first kappa shape index (κ1) is 16.7. The lowest BCUT2D eigenvalue weighted by atomic mass is 9.87. The van der Waals surface area contributed by atoms with Gasteiger partial charge < -0.3 is 0 Å². The van der Waals surface area contributed by atoms with E-state index < -0.39 is 0 Å². The highest BCUT2D eigenvalue weighted by Crippen LogP contribution is 2.26. The first-order valence-corrected chi connectivity index (χ1v) is 9.39. The Morgan fingerprint density at radius 1 is 0.885 bits per heavy atom. The summed E-state index contributed by atoms with van der Waals surface area (Å²) in [4.78, 5) is 0.799. The third-order valence-corrected chi connectivity index (χ3v) is 5.10. The van der Waals surface area contributed by atoms with Crippen LogP contribution in [0.2, 0.25) is 0 Å². The fraction of sp³-hybridized carbons (Fsp3) is 0.190. The van der Waals surface area contributed by atoms with Crippen molar-refractivity contribution in [3.8, 4) is 11.4 Å². The van der Waals surface area contributed by atoms with Crippen LogP contribution in [0.15, 0.2) is 54.6 Å². The van der Waals surface area contributed by atoms with Crippen molar-refractivity contribution < 1.29 is 0 Å². The van der Waals surface area contributed by atoms with E-state index in [4.69, 9.17) is 0 Å². The molecule has 0 aliphatic carbocycles. The van der Waals surface area contributed by atoms with E-state index in [1.807, 2.05) is 28.8 Å². The molecule has 0 spiro atoms. The van der Waals surface area contributed by atoms with E-state index in [1.165, 1.54) is 16.9 Å². The predicted octanol–water partition coefficient (Wildman–Crippen LogP) is 5.32. The lowest BCUT2D eigenvalue weighted by molar-refractivity contribution is 0.590. The van der Waals surface area contributed by atoms with Gasteiger partial charge in [0.05, 0.1) is 0 Å². The molecule has 4 rings (SSSR count). The Bertz CT molecular complexity index is 1050. The number of hydrogen-bond donors (Lipinski definition) is 0. The molecule has 2 aromatic heterocycles. The number of fused-ring (bicyclic) bond motifs is 1. The van der Waals surface area contributed by atoms with Crippen LogP contribution in [0.5, 0.6) is 0 Å². The van der Waals surface area contributed by atoms with Gasteiger partial charge >= 0.3 is 0 Å². The number of aromatic nitrogens is 4. The summed E-state index contributed by atoms with van der Waals surface area (Å²) < 4.78 is 1.82. The van der Waals surface area contributed by atoms with Gasteiger partial charge in [0.25, 0.3) is 0 Å². The summed E-state index contributed by atoms with van der Waals surface area (Å²) in [6.07, 6.45) is 4.07. The van der Waals surface area contributed by atoms with E-state index >= 15 is 0 Å². The van der Waals surface area contributed by atoms with Crippen LogP contribution >= 0.6 is 11.3 Å². The Morgan fingerprint density at radius 3 is 2.31 bits per heavy atom. The Kier molecular flexibility index (Phi) is 4.17. The van der Waals surface area contributed by atoms with Crippen LogP contribution in [0, 0.1) is 0 Å². The third kappa shape index (κ3) is 3.30. The molecular formula is C21H20N4S. The normalized spacial score (nSPS) is 12.3. The van der Waals surface area contributed by atoms with E-state index in [9.17, 15) is 0 Å². The van der Waals surface area contributed by atoms with Crippen LogP contribution < -0.4 is 0 Å². The Hall–Kier alpha value is -2.79. The molecule has 26 heavy (non-hydrogen) atoms. The fourth-order valence-electron chi connectivity index (χ4n) is 2.73. The molecule has 2 aromatic carbocycles. The van der Waals surface area contributed by atoms with Crippen LogP contribution in [-0.4, -0.2) is 19.8 Å². The maximum absolute atomic E-state index is 4.66. The van der Waals surface area contributed by atoms with Crippen molar-refractivity contribution in [2.75, 3.05) is 0 Å². The summed E-state index contributed by atoms with van der Waals surface area (Å²) in [5, 5.41) is 14.2. The molecule has 4 nitrogen and oxygen atoms in total. The van der Waals surface area contributed by atoms with Crippen molar-refractivity contribution in [1.82, 2.24) is 19.8 Å². The molecule has 0 amide bonds. The summed E-state index contributed by atoms with van der Waals surface area (Å²) in [5.74, 6) is 0.774. The smallest absolute Gasteiger partial charge is 0.182 e. The van der Waals surface area contributed by atoms with Crippen molar-refractivity contribution in [3.63, 3.8) is 0 Å². The predicted molar refractivity (Wildman–Crippen MR) is 108 cm³/mol. The zero-order valence-corrected chi connectivity index (χ0v) is 15.9. The largest absolute Gasteiger partial charge is 0.235 e. The van der Waals surface area contributed by atoms with Gasteiger partial charge in [-0.05, 0) is 22.6 Å². The van der Waals surface area contributed by atoms with Gasteiger partial charge in [-0.2, -0.15) is 9.61 Å². The van der Waals surface area contributed by atoms with Crippen LogP contribution in [0.25, 0.3) is 28.5 Å². The standard InChI is InChI=1S/C21H20N4S/c1-21(2,3)17-12-10-16(11-13-17)19-22-23-20-25(19)24-18(26-20)14-9-15-7-5-4-6-8-15/h4-14H,1-3H3. The molecule has 0 N–H and O–H groups in total. The molecular weight excluding hydrogens is 340 g/mol. The van der Waals surface area contributed by atoms with Crippen LogP contribution in [0.1, 0.15) is 36.9 Å². The van der Waals surface area contributed by atoms with E-state index in [-0.39, 0.29) is 5.41 Å². The topological polar surface area (TPSA) is 43.1 Å². The molecule has 130 valence electrons. The lowest BCUT2D eigenvalue weighted by Gasteiger charge is -2.18. The van der Waals surface area contributed by atoms with Gasteiger partial charge in [0.15, 0.2) is 5.82 Å². The highest BCUT2D eigenvalue weighted by molar-refractivity contribution is 7.17. The van der Waals surface area contributed by atoms with Gasteiger partial charge in [-0.1, -0.05) is 92.8 Å². The number of hydrogen-bond acceptors (Lipinski definition) is 4. The highest BCUT2D eigenvalue weighted by Gasteiger charge is 2.16. The quantitative estimate of drug-likeness (QED) is 0.496. The molecule has 0 saturated heterocycles. The summed E-state index contributed by atoms with van der Waals surface area (Å²) in [6, 6.07) is 18.7. The van der Waals surface area contributed by atoms with Crippen molar-refractivity contribution in [2.45, 2.75) is 26.2 Å². The van der Waals surface area contributed by atoms with E-state index in [0.717, 1.165) is 26.9 Å². The molecule has 0 aliphatic rings. The summed E-state index contributed by atoms with van der Waals surface area (Å²) in [7, 11) is 0. The first-order chi connectivity index (χ1) is 12.5. The van der Waals surface area contributed by atoms with Gasteiger partial charge in [-0.3, -0.25) is 0 Å². The minimum atomic E-state index is 0.134. The van der Waals surface area contributed by atoms with Crippen molar-refractivity contribution in [2.24, 2.45) is 0 Å². The van der Waals surface area contributed by atoms with Gasteiger partial charge in [-0.15, -0.1) is 10.2 Å². The minimum Gasteiger partial charge on any atom is -0.182 e. The van der Waals surface area contributed by atoms with Gasteiger partial charge in [0, 0.05) is 5.56 Å². The molecule has 0 bridgehead atoms. The average Bonchev–Trinajstić information content (AvgIpc) is 3.20. The Labute approximate surface area is 156 Å². The fourth-order valence-corrected chi connectivity index (χ4v) is 3.47. The summed E-state index contributed by atoms with van der Waals surface area (Å²) in [5.41, 5.74) is 3.60. The molecule has 2 heterocycles. The number of rotatable bonds is 3. The zero-order valence-electron chi connectivity index (χ0n) is 15.0.